The fraction of sp³-hybridized carbons (Fsp3) is 0.0714. The van der Waals surface area contributed by atoms with Crippen molar-refractivity contribution in [1.29, 1.82) is 0 Å². The van der Waals surface area contributed by atoms with E-state index >= 15 is 0 Å². The molecule has 0 bridgehead atoms. The SMILES string of the molecule is CC(=O)c1ccnc(-n2cnc3ccccc32)c1. The highest BCUT2D eigenvalue weighted by atomic mass is 16.1. The molecule has 4 heteroatoms. The molecule has 2 aromatic heterocycles. The van der Waals surface area contributed by atoms with E-state index < -0.39 is 0 Å². The van der Waals surface area contributed by atoms with E-state index in [1.165, 1.54) is 0 Å². The van der Waals surface area contributed by atoms with Crippen molar-refractivity contribution in [2.24, 2.45) is 0 Å². The molecule has 18 heavy (non-hydrogen) atoms. The molecule has 1 aromatic carbocycles. The number of imidazole rings is 1. The van der Waals surface area contributed by atoms with Crippen molar-refractivity contribution in [3.8, 4) is 5.82 Å². The molecule has 3 aromatic rings. The summed E-state index contributed by atoms with van der Waals surface area (Å²) < 4.78 is 1.88. The van der Waals surface area contributed by atoms with Crippen LogP contribution in [0.2, 0.25) is 0 Å². The highest BCUT2D eigenvalue weighted by Crippen LogP contribution is 2.17. The van der Waals surface area contributed by atoms with Crippen LogP contribution >= 0.6 is 0 Å². The van der Waals surface area contributed by atoms with Gasteiger partial charge in [0, 0.05) is 11.8 Å². The zero-order valence-electron chi connectivity index (χ0n) is 9.87. The lowest BCUT2D eigenvalue weighted by molar-refractivity contribution is 0.101. The first-order chi connectivity index (χ1) is 8.75. The number of aromatic nitrogens is 3. The van der Waals surface area contributed by atoms with Crippen LogP contribution in [0.4, 0.5) is 0 Å². The standard InChI is InChI=1S/C14H11N3O/c1-10(18)11-6-7-15-14(8-11)17-9-16-12-4-2-3-5-13(12)17/h2-9H,1H3. The number of carbonyl (C=O) groups is 1. The molecule has 0 aliphatic carbocycles. The summed E-state index contributed by atoms with van der Waals surface area (Å²) in [5, 5.41) is 0. The molecule has 0 N–H and O–H groups in total. The van der Waals surface area contributed by atoms with E-state index in [-0.39, 0.29) is 5.78 Å². The van der Waals surface area contributed by atoms with Gasteiger partial charge in [0.2, 0.25) is 0 Å². The lowest BCUT2D eigenvalue weighted by Gasteiger charge is -2.04. The second-order valence-electron chi connectivity index (χ2n) is 4.06. The number of para-hydroxylation sites is 2. The van der Waals surface area contributed by atoms with E-state index in [1.54, 1.807) is 31.6 Å². The van der Waals surface area contributed by atoms with Gasteiger partial charge in [0.15, 0.2) is 5.78 Å². The second-order valence-corrected chi connectivity index (χ2v) is 4.06. The summed E-state index contributed by atoms with van der Waals surface area (Å²) in [6, 6.07) is 11.3. The molecule has 0 aliphatic heterocycles. The molecule has 0 aliphatic rings. The predicted octanol–water partition coefficient (Wildman–Crippen LogP) is 2.62. The van der Waals surface area contributed by atoms with Crippen LogP contribution in [0, 0.1) is 0 Å². The van der Waals surface area contributed by atoms with E-state index in [1.807, 2.05) is 28.8 Å². The van der Waals surface area contributed by atoms with Crippen molar-refractivity contribution < 1.29 is 4.79 Å². The van der Waals surface area contributed by atoms with Crippen LogP contribution in [-0.4, -0.2) is 20.3 Å². The van der Waals surface area contributed by atoms with Crippen LogP contribution in [0.5, 0.6) is 0 Å². The van der Waals surface area contributed by atoms with Crippen molar-refractivity contribution in [2.45, 2.75) is 6.92 Å². The molecule has 0 radical (unpaired) electrons. The predicted molar refractivity (Wildman–Crippen MR) is 68.9 cm³/mol. The first-order valence-electron chi connectivity index (χ1n) is 5.65. The molecule has 0 fully saturated rings. The Labute approximate surface area is 104 Å². The van der Waals surface area contributed by atoms with Crippen LogP contribution in [0.3, 0.4) is 0 Å². The highest BCUT2D eigenvalue weighted by Gasteiger charge is 2.07. The zero-order chi connectivity index (χ0) is 12.5. The summed E-state index contributed by atoms with van der Waals surface area (Å²) in [6.07, 6.45) is 3.36. The number of hydrogen-bond acceptors (Lipinski definition) is 3. The molecule has 0 unspecified atom stereocenters. The lowest BCUT2D eigenvalue weighted by atomic mass is 10.2. The number of nitrogens with zero attached hydrogens (tertiary/aromatic N) is 3. The van der Waals surface area contributed by atoms with Crippen molar-refractivity contribution in [1.82, 2.24) is 14.5 Å². The molecule has 88 valence electrons. The Hall–Kier alpha value is -2.49. The van der Waals surface area contributed by atoms with Crippen molar-refractivity contribution in [3.63, 3.8) is 0 Å². The van der Waals surface area contributed by atoms with Gasteiger partial charge in [0.05, 0.1) is 11.0 Å². The normalized spacial score (nSPS) is 10.7. The number of rotatable bonds is 2. The molecule has 3 rings (SSSR count). The number of hydrogen-bond donors (Lipinski definition) is 0. The Morgan fingerprint density at radius 1 is 1.17 bits per heavy atom. The fourth-order valence-electron chi connectivity index (χ4n) is 1.91. The Kier molecular flexibility index (Phi) is 2.41. The lowest BCUT2D eigenvalue weighted by Crippen LogP contribution is -1.99. The smallest absolute Gasteiger partial charge is 0.159 e. The highest BCUT2D eigenvalue weighted by molar-refractivity contribution is 5.94. The summed E-state index contributed by atoms with van der Waals surface area (Å²) in [6.45, 7) is 1.55. The van der Waals surface area contributed by atoms with E-state index in [0.29, 0.717) is 11.4 Å². The zero-order valence-corrected chi connectivity index (χ0v) is 9.87. The van der Waals surface area contributed by atoms with E-state index in [9.17, 15) is 4.79 Å². The van der Waals surface area contributed by atoms with Crippen LogP contribution in [0.25, 0.3) is 16.9 Å². The van der Waals surface area contributed by atoms with Gasteiger partial charge in [0.25, 0.3) is 0 Å². The van der Waals surface area contributed by atoms with Crippen molar-refractivity contribution in [2.75, 3.05) is 0 Å². The van der Waals surface area contributed by atoms with Gasteiger partial charge in [-0.15, -0.1) is 0 Å². The minimum absolute atomic E-state index is 0.0306. The molecule has 0 saturated carbocycles. The van der Waals surface area contributed by atoms with Gasteiger partial charge in [-0.3, -0.25) is 9.36 Å². The quantitative estimate of drug-likeness (QED) is 0.644. The van der Waals surface area contributed by atoms with E-state index in [0.717, 1.165) is 11.0 Å². The van der Waals surface area contributed by atoms with Gasteiger partial charge >= 0.3 is 0 Å². The number of carbonyl (C=O) groups excluding carboxylic acids is 1. The molecular formula is C14H11N3O. The average Bonchev–Trinajstić information content (AvgIpc) is 2.82. The van der Waals surface area contributed by atoms with Gasteiger partial charge in [-0.05, 0) is 31.2 Å². The summed E-state index contributed by atoms with van der Waals surface area (Å²) >= 11 is 0. The molecule has 4 nitrogen and oxygen atoms in total. The topological polar surface area (TPSA) is 47.8 Å². The Bertz CT molecular complexity index is 730. The van der Waals surface area contributed by atoms with Crippen molar-refractivity contribution >= 4 is 16.8 Å². The van der Waals surface area contributed by atoms with E-state index in [4.69, 9.17) is 0 Å². The summed E-state index contributed by atoms with van der Waals surface area (Å²) in [5.41, 5.74) is 2.54. The van der Waals surface area contributed by atoms with Gasteiger partial charge in [-0.25, -0.2) is 9.97 Å². The molecule has 0 atom stereocenters. The van der Waals surface area contributed by atoms with Crippen LogP contribution in [0.15, 0.2) is 48.9 Å². The minimum Gasteiger partial charge on any atom is -0.295 e. The maximum absolute atomic E-state index is 11.4. The van der Waals surface area contributed by atoms with Gasteiger partial charge < -0.3 is 0 Å². The van der Waals surface area contributed by atoms with Crippen LogP contribution in [0.1, 0.15) is 17.3 Å². The Balaban J connectivity index is 2.20. The number of pyridine rings is 1. The average molecular weight is 237 g/mol. The molecule has 2 heterocycles. The number of benzene rings is 1. The number of ketones is 1. The summed E-state index contributed by atoms with van der Waals surface area (Å²) in [5.74, 6) is 0.736. The van der Waals surface area contributed by atoms with Crippen LogP contribution < -0.4 is 0 Å². The monoisotopic (exact) mass is 237 g/mol. The molecule has 0 spiro atoms. The fourth-order valence-corrected chi connectivity index (χ4v) is 1.91. The second kappa shape index (κ2) is 4.07. The van der Waals surface area contributed by atoms with Gasteiger partial charge in [0.1, 0.15) is 12.1 Å². The third-order valence-electron chi connectivity index (χ3n) is 2.85. The third-order valence-corrected chi connectivity index (χ3v) is 2.85. The van der Waals surface area contributed by atoms with E-state index in [2.05, 4.69) is 9.97 Å². The van der Waals surface area contributed by atoms with Crippen LogP contribution in [-0.2, 0) is 0 Å². The number of Topliss-reactive ketones (excluding diaryl/α,β-unsaturated/α-hetero) is 1. The molecular weight excluding hydrogens is 226 g/mol. The largest absolute Gasteiger partial charge is 0.295 e. The Morgan fingerprint density at radius 2 is 2.00 bits per heavy atom. The maximum atomic E-state index is 11.4. The number of fused-ring (bicyclic) bond motifs is 1. The molecule has 0 amide bonds. The minimum atomic E-state index is 0.0306. The summed E-state index contributed by atoms with van der Waals surface area (Å²) in [7, 11) is 0. The third kappa shape index (κ3) is 1.68. The van der Waals surface area contributed by atoms with Crippen molar-refractivity contribution in [3.05, 3.63) is 54.5 Å². The first kappa shape index (κ1) is 10.7. The molecule has 0 saturated heterocycles. The Morgan fingerprint density at radius 3 is 2.83 bits per heavy atom. The summed E-state index contributed by atoms with van der Waals surface area (Å²) in [4.78, 5) is 20.0. The first-order valence-corrected chi connectivity index (χ1v) is 5.65. The van der Waals surface area contributed by atoms with Gasteiger partial charge in [-0.1, -0.05) is 12.1 Å². The van der Waals surface area contributed by atoms with Gasteiger partial charge in [-0.2, -0.15) is 0 Å². The maximum Gasteiger partial charge on any atom is 0.159 e.